The molecule has 1 fully saturated rings. The summed E-state index contributed by atoms with van der Waals surface area (Å²) in [5.74, 6) is 0.674. The molecule has 39 heavy (non-hydrogen) atoms. The van der Waals surface area contributed by atoms with Crippen molar-refractivity contribution < 1.29 is 0 Å². The first kappa shape index (κ1) is 23.1. The highest BCUT2D eigenvalue weighted by Crippen LogP contribution is 2.31. The number of aromatic amines is 1. The van der Waals surface area contributed by atoms with Crippen molar-refractivity contribution in [1.29, 1.82) is 0 Å². The van der Waals surface area contributed by atoms with Gasteiger partial charge >= 0.3 is 0 Å². The highest BCUT2D eigenvalue weighted by molar-refractivity contribution is 5.95. The van der Waals surface area contributed by atoms with Gasteiger partial charge in [-0.05, 0) is 61.9 Å². The van der Waals surface area contributed by atoms with Crippen molar-refractivity contribution in [3.63, 3.8) is 0 Å². The van der Waals surface area contributed by atoms with Gasteiger partial charge in [-0.25, -0.2) is 9.97 Å². The first-order valence-electron chi connectivity index (χ1n) is 13.1. The Balaban J connectivity index is 1.11. The van der Waals surface area contributed by atoms with Gasteiger partial charge in [0.1, 0.15) is 5.69 Å². The molecule has 9 heteroatoms. The maximum absolute atomic E-state index is 4.67. The molecule has 0 spiro atoms. The van der Waals surface area contributed by atoms with Crippen LogP contribution in [-0.4, -0.2) is 44.2 Å². The minimum absolute atomic E-state index is 0.644. The Labute approximate surface area is 225 Å². The zero-order valence-corrected chi connectivity index (χ0v) is 21.5. The number of H-pyrrole nitrogens is 1. The normalized spacial score (nSPS) is 15.1. The van der Waals surface area contributed by atoms with Crippen LogP contribution in [0, 0.1) is 0 Å². The number of aromatic nitrogens is 5. The second kappa shape index (κ2) is 9.68. The van der Waals surface area contributed by atoms with E-state index >= 15 is 0 Å². The molecule has 0 saturated carbocycles. The first-order valence-corrected chi connectivity index (χ1v) is 13.1. The van der Waals surface area contributed by atoms with E-state index in [2.05, 4.69) is 69.7 Å². The van der Waals surface area contributed by atoms with Crippen molar-refractivity contribution in [3.8, 4) is 11.5 Å². The van der Waals surface area contributed by atoms with E-state index in [1.54, 1.807) is 6.20 Å². The van der Waals surface area contributed by atoms with E-state index in [4.69, 9.17) is 0 Å². The van der Waals surface area contributed by atoms with Gasteiger partial charge in [-0.3, -0.25) is 15.0 Å². The number of nitrogens with zero attached hydrogens (tertiary/aromatic N) is 6. The summed E-state index contributed by atoms with van der Waals surface area (Å²) in [5.41, 5.74) is 9.16. The Bertz CT molecular complexity index is 1780. The van der Waals surface area contributed by atoms with Crippen LogP contribution in [0.25, 0.3) is 33.6 Å². The van der Waals surface area contributed by atoms with Crippen LogP contribution in [0.1, 0.15) is 19.8 Å². The van der Waals surface area contributed by atoms with E-state index in [1.807, 2.05) is 55.9 Å². The monoisotopic (exact) mass is 513 g/mol. The van der Waals surface area contributed by atoms with Crippen LogP contribution in [-0.2, 0) is 0 Å². The Morgan fingerprint density at radius 2 is 1.85 bits per heavy atom. The predicted molar refractivity (Wildman–Crippen MR) is 158 cm³/mol. The van der Waals surface area contributed by atoms with Crippen LogP contribution in [0.2, 0.25) is 0 Å². The summed E-state index contributed by atoms with van der Waals surface area (Å²) < 4.78 is 0. The Kier molecular flexibility index (Phi) is 5.73. The molecule has 2 aliphatic heterocycles. The Morgan fingerprint density at radius 3 is 2.69 bits per heavy atom. The third-order valence-electron chi connectivity index (χ3n) is 6.96. The van der Waals surface area contributed by atoms with E-state index in [0.29, 0.717) is 11.5 Å². The lowest BCUT2D eigenvalue weighted by atomic mass is 10.1. The third-order valence-corrected chi connectivity index (χ3v) is 6.96. The van der Waals surface area contributed by atoms with Crippen molar-refractivity contribution in [1.82, 2.24) is 24.9 Å². The third kappa shape index (κ3) is 4.70. The fourth-order valence-electron chi connectivity index (χ4n) is 4.82. The fourth-order valence-corrected chi connectivity index (χ4v) is 4.82. The summed E-state index contributed by atoms with van der Waals surface area (Å²) in [6.45, 7) is 4.20. The van der Waals surface area contributed by atoms with Crippen molar-refractivity contribution in [3.05, 3.63) is 84.6 Å². The van der Waals surface area contributed by atoms with E-state index in [9.17, 15) is 0 Å². The summed E-state index contributed by atoms with van der Waals surface area (Å²) in [4.78, 5) is 28.5. The first-order chi connectivity index (χ1) is 19.2. The van der Waals surface area contributed by atoms with Crippen LogP contribution in [0.15, 0.2) is 89.6 Å². The summed E-state index contributed by atoms with van der Waals surface area (Å²) in [6.07, 6.45) is 13.5. The zero-order valence-electron chi connectivity index (χ0n) is 21.5. The fraction of sp³-hybridized carbons (Fsp3) is 0.167. The van der Waals surface area contributed by atoms with Gasteiger partial charge in [0.2, 0.25) is 0 Å². The van der Waals surface area contributed by atoms with Gasteiger partial charge in [0.25, 0.3) is 0 Å². The number of imidazole rings is 1. The highest BCUT2D eigenvalue weighted by atomic mass is 15.2. The van der Waals surface area contributed by atoms with Gasteiger partial charge in [0.15, 0.2) is 11.5 Å². The second-order valence-corrected chi connectivity index (χ2v) is 9.76. The average molecular weight is 514 g/mol. The number of rotatable bonds is 6. The summed E-state index contributed by atoms with van der Waals surface area (Å²) in [5, 5.41) is 8.03. The minimum Gasteiger partial charge on any atom is -0.371 e. The maximum atomic E-state index is 4.67. The van der Waals surface area contributed by atoms with Crippen molar-refractivity contribution in [2.75, 3.05) is 28.6 Å². The van der Waals surface area contributed by atoms with Gasteiger partial charge < -0.3 is 20.5 Å². The Morgan fingerprint density at radius 1 is 0.923 bits per heavy atom. The molecular weight excluding hydrogens is 486 g/mol. The topological polar surface area (TPSA) is 107 Å². The van der Waals surface area contributed by atoms with E-state index in [-0.39, 0.29) is 0 Å². The molecule has 0 bridgehead atoms. The Hall–Kier alpha value is -5.05. The molecule has 0 unspecified atom stereocenters. The number of anilines is 4. The molecule has 1 saturated heterocycles. The molecule has 6 heterocycles. The number of fused-ring (bicyclic) bond motifs is 2. The van der Waals surface area contributed by atoms with Gasteiger partial charge in [0.05, 0.1) is 34.8 Å². The summed E-state index contributed by atoms with van der Waals surface area (Å²) in [7, 11) is 0. The molecule has 0 atom stereocenters. The van der Waals surface area contributed by atoms with Crippen molar-refractivity contribution >= 4 is 51.0 Å². The number of hydrogen-bond donors (Lipinski definition) is 3. The highest BCUT2D eigenvalue weighted by Gasteiger charge is 2.16. The van der Waals surface area contributed by atoms with Crippen LogP contribution in [0.5, 0.6) is 0 Å². The van der Waals surface area contributed by atoms with Crippen LogP contribution in [0.4, 0.5) is 22.7 Å². The standard InChI is InChI=1S/C30H27N9/c1-19-14-20(4-2-10-31-19)35-22-15-28-29(34-18-22)38-30(37-28)27-7-5-21(17-33-27)36-26-9-11-32-25-8-6-23(16-24(25)26)39-12-3-13-39/h4-11,14-18,35H,2-3,12-13H2,1H3,(H,32,36)(H,34,37,38). The number of aliphatic imine (C=N–C) groups is 1. The lowest BCUT2D eigenvalue weighted by molar-refractivity contribution is 0.618. The molecule has 1 aromatic carbocycles. The van der Waals surface area contributed by atoms with Gasteiger partial charge in [-0.1, -0.05) is 6.08 Å². The number of benzene rings is 1. The molecular formula is C30H27N9. The molecule has 0 aliphatic carbocycles. The average Bonchev–Trinajstić information content (AvgIpc) is 3.23. The lowest BCUT2D eigenvalue weighted by Crippen LogP contribution is -2.36. The molecule has 7 rings (SSSR count). The number of hydrogen-bond acceptors (Lipinski definition) is 8. The smallest absolute Gasteiger partial charge is 0.178 e. The molecule has 5 aromatic rings. The molecule has 9 nitrogen and oxygen atoms in total. The maximum Gasteiger partial charge on any atom is 0.178 e. The molecule has 0 radical (unpaired) electrons. The van der Waals surface area contributed by atoms with Crippen molar-refractivity contribution in [2.24, 2.45) is 4.99 Å². The number of pyridine rings is 3. The van der Waals surface area contributed by atoms with Crippen LogP contribution >= 0.6 is 0 Å². The molecule has 2 aliphatic rings. The SMILES string of the molecule is CC1=CC(Nc2cnc3nc(-c4ccc(Nc5ccnc6ccc(N7CCC7)cc56)cn4)[nH]c3c2)=CCC=N1. The van der Waals surface area contributed by atoms with E-state index in [0.717, 1.165) is 70.1 Å². The van der Waals surface area contributed by atoms with Crippen LogP contribution < -0.4 is 15.5 Å². The van der Waals surface area contributed by atoms with Crippen molar-refractivity contribution in [2.45, 2.75) is 19.8 Å². The summed E-state index contributed by atoms with van der Waals surface area (Å²) in [6, 6.07) is 14.4. The molecule has 4 aromatic heterocycles. The molecule has 3 N–H and O–H groups in total. The molecule has 192 valence electrons. The lowest BCUT2D eigenvalue weighted by Gasteiger charge is -2.33. The summed E-state index contributed by atoms with van der Waals surface area (Å²) >= 11 is 0. The van der Waals surface area contributed by atoms with E-state index < -0.39 is 0 Å². The second-order valence-electron chi connectivity index (χ2n) is 9.76. The number of allylic oxidation sites excluding steroid dienone is 3. The van der Waals surface area contributed by atoms with Gasteiger partial charge in [-0.15, -0.1) is 0 Å². The molecule has 0 amide bonds. The van der Waals surface area contributed by atoms with Gasteiger partial charge in [-0.2, -0.15) is 0 Å². The van der Waals surface area contributed by atoms with Gasteiger partial charge in [0, 0.05) is 60.1 Å². The number of nitrogens with one attached hydrogen (secondary N) is 3. The van der Waals surface area contributed by atoms with Crippen LogP contribution in [0.3, 0.4) is 0 Å². The zero-order chi connectivity index (χ0) is 26.2. The predicted octanol–water partition coefficient (Wildman–Crippen LogP) is 6.20. The quantitative estimate of drug-likeness (QED) is 0.248. The van der Waals surface area contributed by atoms with E-state index in [1.165, 1.54) is 12.1 Å². The minimum atomic E-state index is 0.644. The largest absolute Gasteiger partial charge is 0.371 e.